The van der Waals surface area contributed by atoms with Crippen molar-refractivity contribution in [2.24, 2.45) is 0 Å². The quantitative estimate of drug-likeness (QED) is 0.181. The number of aromatic nitrogens is 2. The lowest BCUT2D eigenvalue weighted by Gasteiger charge is -2.21. The topological polar surface area (TPSA) is 57.4 Å². The molecule has 10 aromatic rings. The molecule has 4 heteroatoms. The zero-order valence-electron chi connectivity index (χ0n) is 29.1. The van der Waals surface area contributed by atoms with Crippen molar-refractivity contribution in [3.63, 3.8) is 0 Å². The van der Waals surface area contributed by atoms with E-state index in [0.29, 0.717) is 11.1 Å². The first-order valence-corrected chi connectivity index (χ1v) is 18.0. The lowest BCUT2D eigenvalue weighted by molar-refractivity contribution is 1.17. The number of nitrogens with zero attached hydrogens (tertiary/aromatic N) is 4. The van der Waals surface area contributed by atoms with Gasteiger partial charge in [0.2, 0.25) is 0 Å². The van der Waals surface area contributed by atoms with Crippen molar-refractivity contribution in [1.82, 2.24) is 9.13 Å². The predicted molar refractivity (Wildman–Crippen MR) is 221 cm³/mol. The van der Waals surface area contributed by atoms with Gasteiger partial charge >= 0.3 is 0 Å². The third-order valence-electron chi connectivity index (χ3n) is 10.6. The molecule has 10 rings (SSSR count). The molecular formula is C50H30N4. The molecule has 4 nitrogen and oxygen atoms in total. The molecule has 0 unspecified atom stereocenters. The van der Waals surface area contributed by atoms with Gasteiger partial charge < -0.3 is 9.13 Å². The molecule has 0 saturated heterocycles. The van der Waals surface area contributed by atoms with E-state index in [9.17, 15) is 10.5 Å². The highest BCUT2D eigenvalue weighted by Crippen LogP contribution is 2.46. The first-order chi connectivity index (χ1) is 26.7. The maximum Gasteiger partial charge on any atom is 0.0998 e. The van der Waals surface area contributed by atoms with E-state index in [-0.39, 0.29) is 0 Å². The number of nitriles is 2. The summed E-state index contributed by atoms with van der Waals surface area (Å²) in [6.45, 7) is 0. The van der Waals surface area contributed by atoms with Gasteiger partial charge in [-0.05, 0) is 82.9 Å². The van der Waals surface area contributed by atoms with Crippen LogP contribution in [0.1, 0.15) is 11.1 Å². The molecule has 2 heterocycles. The molecule has 0 radical (unpaired) electrons. The maximum absolute atomic E-state index is 10.4. The van der Waals surface area contributed by atoms with Crippen LogP contribution in [0.2, 0.25) is 0 Å². The van der Waals surface area contributed by atoms with Gasteiger partial charge in [-0.25, -0.2) is 0 Å². The van der Waals surface area contributed by atoms with E-state index in [0.717, 1.165) is 66.8 Å². The van der Waals surface area contributed by atoms with Crippen molar-refractivity contribution in [2.45, 2.75) is 0 Å². The fourth-order valence-electron chi connectivity index (χ4n) is 8.25. The fourth-order valence-corrected chi connectivity index (χ4v) is 8.25. The minimum absolute atomic E-state index is 0.507. The normalized spacial score (nSPS) is 11.3. The highest BCUT2D eigenvalue weighted by atomic mass is 15.0. The van der Waals surface area contributed by atoms with E-state index < -0.39 is 0 Å². The van der Waals surface area contributed by atoms with Gasteiger partial charge in [0.15, 0.2) is 0 Å². The van der Waals surface area contributed by atoms with Crippen LogP contribution >= 0.6 is 0 Å². The number of para-hydroxylation sites is 3. The molecule has 0 N–H and O–H groups in total. The van der Waals surface area contributed by atoms with Crippen molar-refractivity contribution in [3.05, 3.63) is 193 Å². The number of hydrogen-bond donors (Lipinski definition) is 0. The number of benzene rings is 8. The van der Waals surface area contributed by atoms with E-state index in [4.69, 9.17) is 0 Å². The lowest BCUT2D eigenvalue weighted by atomic mass is 9.87. The minimum atomic E-state index is 0.507. The molecule has 0 fully saturated rings. The Bertz CT molecular complexity index is 3160. The smallest absolute Gasteiger partial charge is 0.0998 e. The van der Waals surface area contributed by atoms with Crippen LogP contribution in [-0.4, -0.2) is 9.13 Å². The maximum atomic E-state index is 10.4. The van der Waals surface area contributed by atoms with Crippen LogP contribution < -0.4 is 0 Å². The zero-order valence-corrected chi connectivity index (χ0v) is 29.1. The standard InChI is InChI=1S/C50H30N4/c51-31-33-24-25-36(32-52)41(28-33)44-29-43(35-16-6-2-7-17-35)48(30-42(44)34-14-4-1-5-15-34)54-45-22-12-10-20-38(45)39-26-27-47-49(50(39)54)40-21-11-13-23-46(40)53(47)37-18-8-3-9-19-37/h1-30H. The van der Waals surface area contributed by atoms with Crippen molar-refractivity contribution < 1.29 is 0 Å². The summed E-state index contributed by atoms with van der Waals surface area (Å²) < 4.78 is 4.82. The molecule has 0 spiro atoms. The Hall–Kier alpha value is -7.66. The van der Waals surface area contributed by atoms with Gasteiger partial charge in [0, 0.05) is 38.4 Å². The monoisotopic (exact) mass is 686 g/mol. The molecule has 2 aromatic heterocycles. The van der Waals surface area contributed by atoms with Crippen LogP contribution in [0.15, 0.2) is 182 Å². The average Bonchev–Trinajstić information content (AvgIpc) is 3.77. The Morgan fingerprint density at radius 1 is 0.389 bits per heavy atom. The van der Waals surface area contributed by atoms with Crippen molar-refractivity contribution in [3.8, 4) is 56.9 Å². The van der Waals surface area contributed by atoms with Crippen LogP contribution in [0.4, 0.5) is 0 Å². The number of hydrogen-bond acceptors (Lipinski definition) is 2. The molecule has 0 atom stereocenters. The van der Waals surface area contributed by atoms with E-state index in [1.165, 1.54) is 21.5 Å². The van der Waals surface area contributed by atoms with Crippen molar-refractivity contribution >= 4 is 43.6 Å². The summed E-state index contributed by atoms with van der Waals surface area (Å²) in [6, 6.07) is 67.8. The Balaban J connectivity index is 1.42. The first-order valence-electron chi connectivity index (χ1n) is 18.0. The van der Waals surface area contributed by atoms with Crippen LogP contribution in [0.3, 0.4) is 0 Å². The van der Waals surface area contributed by atoms with E-state index >= 15 is 0 Å². The molecule has 0 aliphatic rings. The van der Waals surface area contributed by atoms with Gasteiger partial charge in [0.25, 0.3) is 0 Å². The summed E-state index contributed by atoms with van der Waals surface area (Å²) in [5, 5.41) is 25.0. The van der Waals surface area contributed by atoms with Gasteiger partial charge in [-0.3, -0.25) is 0 Å². The second kappa shape index (κ2) is 12.5. The van der Waals surface area contributed by atoms with Crippen LogP contribution in [0.25, 0.3) is 88.4 Å². The van der Waals surface area contributed by atoms with Gasteiger partial charge in [-0.1, -0.05) is 121 Å². The third-order valence-corrected chi connectivity index (χ3v) is 10.6. The second-order valence-corrected chi connectivity index (χ2v) is 13.5. The average molecular weight is 687 g/mol. The summed E-state index contributed by atoms with van der Waals surface area (Å²) in [7, 11) is 0. The van der Waals surface area contributed by atoms with E-state index in [1.807, 2.05) is 30.3 Å². The summed E-state index contributed by atoms with van der Waals surface area (Å²) in [6.07, 6.45) is 0. The van der Waals surface area contributed by atoms with Crippen LogP contribution in [-0.2, 0) is 0 Å². The Morgan fingerprint density at radius 3 is 1.69 bits per heavy atom. The van der Waals surface area contributed by atoms with Gasteiger partial charge in [-0.15, -0.1) is 0 Å². The molecule has 0 amide bonds. The molecular weight excluding hydrogens is 657 g/mol. The molecule has 0 aliphatic heterocycles. The number of rotatable bonds is 5. The largest absolute Gasteiger partial charge is 0.309 e. The third kappa shape index (κ3) is 4.76. The SMILES string of the molecule is N#Cc1ccc(C#N)c(-c2cc(-c3ccccc3)c(-n3c4ccccc4c4ccc5c(c6ccccc6n5-c5ccccc5)c43)cc2-c2ccccc2)c1. The minimum Gasteiger partial charge on any atom is -0.309 e. The predicted octanol–water partition coefficient (Wildman–Crippen LogP) is 12.6. The van der Waals surface area contributed by atoms with Crippen molar-refractivity contribution in [1.29, 1.82) is 10.5 Å². The molecule has 8 aromatic carbocycles. The lowest BCUT2D eigenvalue weighted by Crippen LogP contribution is -2.01. The van der Waals surface area contributed by atoms with Crippen LogP contribution in [0.5, 0.6) is 0 Å². The molecule has 0 aliphatic carbocycles. The van der Waals surface area contributed by atoms with Gasteiger partial charge in [-0.2, -0.15) is 10.5 Å². The summed E-state index contributed by atoms with van der Waals surface area (Å²) in [5.74, 6) is 0. The van der Waals surface area contributed by atoms with Gasteiger partial charge in [0.1, 0.15) is 0 Å². The first kappa shape index (κ1) is 31.1. The summed E-state index contributed by atoms with van der Waals surface area (Å²) >= 11 is 0. The Morgan fingerprint density at radius 2 is 1.00 bits per heavy atom. The van der Waals surface area contributed by atoms with Crippen molar-refractivity contribution in [2.75, 3.05) is 0 Å². The number of fused-ring (bicyclic) bond motifs is 7. The summed E-state index contributed by atoms with van der Waals surface area (Å²) in [4.78, 5) is 0. The highest BCUT2D eigenvalue weighted by Gasteiger charge is 2.24. The zero-order chi connectivity index (χ0) is 36.2. The molecule has 250 valence electrons. The molecule has 0 saturated carbocycles. The van der Waals surface area contributed by atoms with Crippen LogP contribution in [0, 0.1) is 22.7 Å². The Labute approximate surface area is 312 Å². The second-order valence-electron chi connectivity index (χ2n) is 13.5. The van der Waals surface area contributed by atoms with Gasteiger partial charge in [0.05, 0.1) is 51.0 Å². The van der Waals surface area contributed by atoms with E-state index in [1.54, 1.807) is 12.1 Å². The fraction of sp³-hybridized carbons (Fsp3) is 0. The summed E-state index contributed by atoms with van der Waals surface area (Å²) in [5.41, 5.74) is 13.4. The molecule has 54 heavy (non-hydrogen) atoms. The van der Waals surface area contributed by atoms with E-state index in [2.05, 4.69) is 161 Å². The molecule has 0 bridgehead atoms. The highest BCUT2D eigenvalue weighted by molar-refractivity contribution is 6.26. The Kier molecular flexibility index (Phi) is 7.22.